The summed E-state index contributed by atoms with van der Waals surface area (Å²) in [5.74, 6) is 0.941. The molecular formula is C18H18F2N2O2S. The number of hydrogen-bond acceptors (Lipinski definition) is 4. The van der Waals surface area contributed by atoms with Crippen molar-refractivity contribution in [3.8, 4) is 5.75 Å². The van der Waals surface area contributed by atoms with Gasteiger partial charge in [-0.2, -0.15) is 8.78 Å². The third-order valence-corrected chi connectivity index (χ3v) is 4.88. The van der Waals surface area contributed by atoms with Gasteiger partial charge in [-0.1, -0.05) is 12.1 Å². The Labute approximate surface area is 149 Å². The van der Waals surface area contributed by atoms with Gasteiger partial charge in [0.15, 0.2) is 0 Å². The maximum atomic E-state index is 12.4. The molecule has 0 saturated heterocycles. The number of thioether (sulfide) groups is 1. The van der Waals surface area contributed by atoms with Crippen molar-refractivity contribution in [2.75, 3.05) is 29.1 Å². The summed E-state index contributed by atoms with van der Waals surface area (Å²) in [5.41, 5.74) is 1.62. The van der Waals surface area contributed by atoms with Gasteiger partial charge in [-0.3, -0.25) is 4.79 Å². The van der Waals surface area contributed by atoms with Gasteiger partial charge >= 0.3 is 6.61 Å². The molecule has 0 spiro atoms. The van der Waals surface area contributed by atoms with Crippen LogP contribution >= 0.6 is 11.8 Å². The van der Waals surface area contributed by atoms with Crippen LogP contribution in [-0.4, -0.2) is 31.4 Å². The van der Waals surface area contributed by atoms with Gasteiger partial charge < -0.3 is 15.0 Å². The summed E-state index contributed by atoms with van der Waals surface area (Å²) >= 11 is 1.80. The van der Waals surface area contributed by atoms with Crippen molar-refractivity contribution in [2.24, 2.45) is 0 Å². The second kappa shape index (κ2) is 8.20. The van der Waals surface area contributed by atoms with E-state index in [4.69, 9.17) is 0 Å². The van der Waals surface area contributed by atoms with Crippen LogP contribution in [0.25, 0.3) is 0 Å². The van der Waals surface area contributed by atoms with Crippen LogP contribution in [0.5, 0.6) is 5.75 Å². The Morgan fingerprint density at radius 3 is 2.72 bits per heavy atom. The van der Waals surface area contributed by atoms with Crippen LogP contribution in [0.15, 0.2) is 53.4 Å². The number of halogens is 2. The molecule has 0 radical (unpaired) electrons. The van der Waals surface area contributed by atoms with Crippen molar-refractivity contribution < 1.29 is 18.3 Å². The highest BCUT2D eigenvalue weighted by Gasteiger charge is 2.18. The zero-order chi connectivity index (χ0) is 17.6. The van der Waals surface area contributed by atoms with Gasteiger partial charge in [0, 0.05) is 17.1 Å². The van der Waals surface area contributed by atoms with Crippen LogP contribution in [-0.2, 0) is 4.79 Å². The minimum Gasteiger partial charge on any atom is -0.435 e. The molecule has 3 rings (SSSR count). The lowest BCUT2D eigenvalue weighted by atomic mass is 10.2. The molecule has 1 N–H and O–H groups in total. The first-order valence-corrected chi connectivity index (χ1v) is 8.92. The van der Waals surface area contributed by atoms with E-state index in [0.717, 1.165) is 24.4 Å². The molecule has 1 heterocycles. The van der Waals surface area contributed by atoms with Gasteiger partial charge in [0.05, 0.1) is 12.2 Å². The van der Waals surface area contributed by atoms with Crippen molar-refractivity contribution in [1.29, 1.82) is 0 Å². The molecule has 2 aromatic carbocycles. The molecule has 0 aliphatic carbocycles. The van der Waals surface area contributed by atoms with Gasteiger partial charge in [-0.15, -0.1) is 11.8 Å². The van der Waals surface area contributed by atoms with Crippen LogP contribution in [0.4, 0.5) is 20.2 Å². The number of amides is 1. The summed E-state index contributed by atoms with van der Waals surface area (Å²) < 4.78 is 28.6. The molecular weight excluding hydrogens is 346 g/mol. The predicted octanol–water partition coefficient (Wildman–Crippen LogP) is 4.23. The summed E-state index contributed by atoms with van der Waals surface area (Å²) in [6, 6.07) is 14.0. The molecule has 7 heteroatoms. The average molecular weight is 364 g/mol. The first kappa shape index (κ1) is 17.5. The van der Waals surface area contributed by atoms with Gasteiger partial charge in [0.25, 0.3) is 0 Å². The maximum absolute atomic E-state index is 12.4. The molecule has 1 aliphatic rings. The monoisotopic (exact) mass is 364 g/mol. The fourth-order valence-electron chi connectivity index (χ4n) is 2.66. The number of para-hydroxylation sites is 1. The number of carbonyl (C=O) groups excluding carboxylic acids is 1. The highest BCUT2D eigenvalue weighted by molar-refractivity contribution is 7.99. The van der Waals surface area contributed by atoms with Crippen LogP contribution in [0.2, 0.25) is 0 Å². The van der Waals surface area contributed by atoms with E-state index >= 15 is 0 Å². The number of nitrogens with zero attached hydrogens (tertiary/aromatic N) is 1. The smallest absolute Gasteiger partial charge is 0.387 e. The Hall–Kier alpha value is -2.28. The van der Waals surface area contributed by atoms with Crippen molar-refractivity contribution >= 4 is 29.0 Å². The fourth-order valence-corrected chi connectivity index (χ4v) is 3.67. The van der Waals surface area contributed by atoms with E-state index in [1.54, 1.807) is 23.9 Å². The number of hydrogen-bond donors (Lipinski definition) is 1. The Bertz CT molecular complexity index is 725. The Morgan fingerprint density at radius 1 is 1.20 bits per heavy atom. The van der Waals surface area contributed by atoms with Gasteiger partial charge in [0.2, 0.25) is 5.91 Å². The summed E-state index contributed by atoms with van der Waals surface area (Å²) in [4.78, 5) is 15.6. The normalized spacial score (nSPS) is 14.0. The number of fused-ring (bicyclic) bond motifs is 1. The van der Waals surface area contributed by atoms with Crippen molar-refractivity contribution in [3.63, 3.8) is 0 Å². The summed E-state index contributed by atoms with van der Waals surface area (Å²) in [6.07, 6.45) is 1.01. The Morgan fingerprint density at radius 2 is 1.96 bits per heavy atom. The topological polar surface area (TPSA) is 41.6 Å². The predicted molar refractivity (Wildman–Crippen MR) is 95.7 cm³/mol. The zero-order valence-electron chi connectivity index (χ0n) is 13.5. The van der Waals surface area contributed by atoms with E-state index in [-0.39, 0.29) is 18.2 Å². The SMILES string of the molecule is O=C(CN1CCCSc2ccccc21)Nc1ccc(OC(F)F)cc1. The zero-order valence-corrected chi connectivity index (χ0v) is 14.3. The quantitative estimate of drug-likeness (QED) is 0.862. The number of benzene rings is 2. The van der Waals surface area contributed by atoms with Crippen molar-refractivity contribution in [1.82, 2.24) is 0 Å². The summed E-state index contributed by atoms with van der Waals surface area (Å²) in [6.45, 7) is -1.80. The van der Waals surface area contributed by atoms with Crippen LogP contribution in [0, 0.1) is 0 Å². The number of nitrogens with one attached hydrogen (secondary N) is 1. The lowest BCUT2D eigenvalue weighted by Crippen LogP contribution is -2.34. The van der Waals surface area contributed by atoms with Gasteiger partial charge in [-0.25, -0.2) is 0 Å². The lowest BCUT2D eigenvalue weighted by molar-refractivity contribution is -0.115. The largest absolute Gasteiger partial charge is 0.435 e. The third kappa shape index (κ3) is 4.85. The highest BCUT2D eigenvalue weighted by Crippen LogP contribution is 2.33. The van der Waals surface area contributed by atoms with Crippen LogP contribution < -0.4 is 15.0 Å². The Kier molecular flexibility index (Phi) is 5.75. The molecule has 2 aromatic rings. The summed E-state index contributed by atoms with van der Waals surface area (Å²) in [7, 11) is 0. The highest BCUT2D eigenvalue weighted by atomic mass is 32.2. The molecule has 25 heavy (non-hydrogen) atoms. The van der Waals surface area contributed by atoms with Crippen LogP contribution in [0.3, 0.4) is 0 Å². The minimum absolute atomic E-state index is 0.0615. The number of carbonyl (C=O) groups is 1. The van der Waals surface area contributed by atoms with E-state index in [1.807, 2.05) is 18.2 Å². The molecule has 0 saturated carbocycles. The first-order valence-electron chi connectivity index (χ1n) is 7.93. The molecule has 0 bridgehead atoms. The van der Waals surface area contributed by atoms with Crippen molar-refractivity contribution in [2.45, 2.75) is 17.9 Å². The molecule has 0 atom stereocenters. The van der Waals surface area contributed by atoms with E-state index in [9.17, 15) is 13.6 Å². The molecule has 4 nitrogen and oxygen atoms in total. The fraction of sp³-hybridized carbons (Fsp3) is 0.278. The van der Waals surface area contributed by atoms with E-state index in [0.29, 0.717) is 5.69 Å². The first-order chi connectivity index (χ1) is 12.1. The number of anilines is 2. The maximum Gasteiger partial charge on any atom is 0.387 e. The second-order valence-corrected chi connectivity index (χ2v) is 6.68. The molecule has 0 unspecified atom stereocenters. The third-order valence-electron chi connectivity index (χ3n) is 3.73. The molecule has 0 aromatic heterocycles. The standard InChI is InChI=1S/C18H18F2N2O2S/c19-18(20)24-14-8-6-13(7-9-14)21-17(23)12-22-10-3-11-25-16-5-2-1-4-15(16)22/h1-2,4-9,18H,3,10-12H2,(H,21,23). The lowest BCUT2D eigenvalue weighted by Gasteiger charge is -2.23. The second-order valence-electron chi connectivity index (χ2n) is 5.54. The molecule has 1 amide bonds. The van der Waals surface area contributed by atoms with Crippen molar-refractivity contribution in [3.05, 3.63) is 48.5 Å². The van der Waals surface area contributed by atoms with Gasteiger partial charge in [0.1, 0.15) is 5.75 Å². The Balaban J connectivity index is 1.62. The molecule has 132 valence electrons. The van der Waals surface area contributed by atoms with E-state index < -0.39 is 6.61 Å². The molecule has 0 fully saturated rings. The number of ether oxygens (including phenoxy) is 1. The molecule has 1 aliphatic heterocycles. The van der Waals surface area contributed by atoms with E-state index in [2.05, 4.69) is 21.0 Å². The number of alkyl halides is 2. The van der Waals surface area contributed by atoms with E-state index in [1.165, 1.54) is 17.0 Å². The van der Waals surface area contributed by atoms with Gasteiger partial charge in [-0.05, 0) is 48.6 Å². The summed E-state index contributed by atoms with van der Waals surface area (Å²) in [5, 5.41) is 2.79. The minimum atomic E-state index is -2.86. The number of rotatable bonds is 5. The average Bonchev–Trinajstić information content (AvgIpc) is 2.79. The van der Waals surface area contributed by atoms with Crippen LogP contribution in [0.1, 0.15) is 6.42 Å².